The number of thioether (sulfide) groups is 2. The van der Waals surface area contributed by atoms with Gasteiger partial charge < -0.3 is 54.1 Å². The number of ether oxygens (including phenoxy) is 5. The number of carbonyl (C=O) groups is 8. The number of carbonyl (C=O) groups excluding carboxylic acids is 5. The van der Waals surface area contributed by atoms with Crippen LogP contribution in [0.15, 0.2) is 62.0 Å². The maximum Gasteiger partial charge on any atom is 0.513 e. The number of hydrogen-bond donors (Lipinski definition) is 5. The molecule has 27 heteroatoms. The number of hydrogen-bond acceptors (Lipinski definition) is 20. The number of aromatic nitrogens is 4. The van der Waals surface area contributed by atoms with E-state index in [0.29, 0.717) is 0 Å². The lowest BCUT2D eigenvalue weighted by molar-refractivity contribution is -0.151. The second kappa shape index (κ2) is 20.2. The monoisotopic (exact) mass is 941 g/mol. The van der Waals surface area contributed by atoms with Crippen LogP contribution in [0.3, 0.4) is 0 Å². The number of nitrogens with one attached hydrogen (secondary N) is 2. The maximum atomic E-state index is 14.2. The van der Waals surface area contributed by atoms with Gasteiger partial charge in [0.2, 0.25) is 16.5 Å². The minimum atomic E-state index is -1.68. The van der Waals surface area contributed by atoms with Gasteiger partial charge in [0.05, 0.1) is 18.6 Å². The van der Waals surface area contributed by atoms with Crippen molar-refractivity contribution in [2.45, 2.75) is 49.9 Å². The van der Waals surface area contributed by atoms with Gasteiger partial charge in [-0.3, -0.25) is 28.9 Å². The third-order valence-corrected chi connectivity index (χ3v) is 11.5. The van der Waals surface area contributed by atoms with Crippen LogP contribution in [0.25, 0.3) is 11.0 Å². The fourth-order valence-electron chi connectivity index (χ4n) is 6.33. The number of aryl methyl sites for hydroxylation is 1. The van der Waals surface area contributed by atoms with E-state index in [0.717, 1.165) is 45.2 Å². The van der Waals surface area contributed by atoms with Crippen LogP contribution in [0.4, 0.5) is 9.59 Å². The summed E-state index contributed by atoms with van der Waals surface area (Å²) in [7, 11) is 0. The molecule has 1 fully saturated rings. The van der Waals surface area contributed by atoms with E-state index in [9.17, 15) is 48.3 Å². The molecule has 0 radical (unpaired) electrons. The van der Waals surface area contributed by atoms with Crippen LogP contribution in [0.2, 0.25) is 0 Å². The van der Waals surface area contributed by atoms with Crippen LogP contribution in [-0.4, -0.2) is 131 Å². The van der Waals surface area contributed by atoms with Crippen molar-refractivity contribution in [2.24, 2.45) is 0 Å². The Morgan fingerprint density at radius 3 is 2.23 bits per heavy atom. The van der Waals surface area contributed by atoms with E-state index >= 15 is 0 Å². The van der Waals surface area contributed by atoms with Crippen molar-refractivity contribution >= 4 is 82.4 Å². The van der Waals surface area contributed by atoms with Crippen LogP contribution >= 0.6 is 23.5 Å². The summed E-state index contributed by atoms with van der Waals surface area (Å²) in [6.07, 6.45) is -2.42. The highest BCUT2D eigenvalue weighted by Gasteiger charge is 2.54. The average Bonchev–Trinajstić information content (AvgIpc) is 3.69. The van der Waals surface area contributed by atoms with E-state index in [-0.39, 0.29) is 69.2 Å². The number of β-lactam (4-membered cyclic amide) rings is 1. The Bertz CT molecular complexity index is 2680. The number of fused-ring (bicyclic) bond motifs is 2. The van der Waals surface area contributed by atoms with Gasteiger partial charge in [-0.25, -0.2) is 23.9 Å². The second-order valence-electron chi connectivity index (χ2n) is 13.3. The smallest absolute Gasteiger partial charge is 0.482 e. The lowest BCUT2D eigenvalue weighted by atomic mass is 10.0. The zero-order valence-corrected chi connectivity index (χ0v) is 35.6. The molecule has 6 rings (SSSR count). The number of tetrazole rings is 1. The highest BCUT2D eigenvalue weighted by molar-refractivity contribution is 8.01. The Hall–Kier alpha value is -7.68. The largest absolute Gasteiger partial charge is 0.513 e. The summed E-state index contributed by atoms with van der Waals surface area (Å²) in [5.41, 5.74) is -1.84. The third kappa shape index (κ3) is 10.6. The molecule has 0 saturated carbocycles. The number of carboxylic acid groups (broad SMARTS) is 3. The highest BCUT2D eigenvalue weighted by Crippen LogP contribution is 2.42. The second-order valence-corrected chi connectivity index (χ2v) is 15.4. The summed E-state index contributed by atoms with van der Waals surface area (Å²) in [4.78, 5) is 116. The van der Waals surface area contributed by atoms with Crippen molar-refractivity contribution < 1.29 is 81.8 Å². The highest BCUT2D eigenvalue weighted by atomic mass is 32.2. The molecule has 4 aromatic rings. The van der Waals surface area contributed by atoms with Crippen molar-refractivity contribution in [3.63, 3.8) is 0 Å². The SMILES string of the molecule is CCOC(=O)Oc1cc2oc(C)c(C(=O)NC(C(=O)N[C@@H]3C(=O)N4C(C(=O)O)=C(CSc5nnnn5CC(=O)O)CS[C@@H]34)c3ccc(OCC(=O)O)cc3)c(=O)c2cc1OC(=O)OCC. The van der Waals surface area contributed by atoms with E-state index < -0.39 is 101 Å². The molecule has 5 N–H and O–H groups in total. The Kier molecular flexibility index (Phi) is 14.6. The molecule has 1 saturated heterocycles. The lowest BCUT2D eigenvalue weighted by Gasteiger charge is -2.49. The molecule has 3 atom stereocenters. The topological polar surface area (TPSA) is 345 Å². The summed E-state index contributed by atoms with van der Waals surface area (Å²) >= 11 is 2.07. The predicted molar refractivity (Wildman–Crippen MR) is 218 cm³/mol. The summed E-state index contributed by atoms with van der Waals surface area (Å²) in [6, 6.07) is 4.25. The van der Waals surface area contributed by atoms with Crippen molar-refractivity contribution in [2.75, 3.05) is 31.3 Å². The molecular formula is C38H35N7O18S2. The molecule has 2 aliphatic heterocycles. The summed E-state index contributed by atoms with van der Waals surface area (Å²) in [5, 5.41) is 43.0. The first-order chi connectivity index (χ1) is 31.0. The predicted octanol–water partition coefficient (Wildman–Crippen LogP) is 1.71. The summed E-state index contributed by atoms with van der Waals surface area (Å²) < 4.78 is 31.9. The zero-order valence-electron chi connectivity index (χ0n) is 34.0. The standard InChI is InChI=1S/C38H35N7O18S2/c1-4-58-37(56)62-22-10-20-21(11-23(22)63-38(57)59-5-2)61-16(3)26(30(20)50)31(51)39-27(17-6-8-19(9-7-17)60-13-25(48)49)32(52)40-28-33(53)45-29(35(54)55)18(14-64-34(28)45)15-65-36-41-42-43-44(36)12-24(46)47/h6-11,27-28,34H,4-5,12-15H2,1-3H3,(H,39,51)(H,40,52)(H,46,47)(H,48,49)(H,54,55)/t27?,28-,34+/m1/s1. The van der Waals surface area contributed by atoms with Crippen molar-refractivity contribution in [1.29, 1.82) is 0 Å². The third-order valence-electron chi connectivity index (χ3n) is 9.09. The number of carboxylic acids is 3. The van der Waals surface area contributed by atoms with Gasteiger partial charge in [-0.1, -0.05) is 23.9 Å². The first kappa shape index (κ1) is 46.8. The molecule has 342 valence electrons. The minimum absolute atomic E-state index is 0.0348. The van der Waals surface area contributed by atoms with Crippen LogP contribution in [0.5, 0.6) is 17.2 Å². The fraction of sp³-hybridized carbons (Fsp3) is 0.316. The number of rotatable bonds is 18. The van der Waals surface area contributed by atoms with Crippen molar-refractivity contribution in [3.05, 3.63) is 74.8 Å². The van der Waals surface area contributed by atoms with E-state index in [1.165, 1.54) is 45.0 Å². The molecular weight excluding hydrogens is 907 g/mol. The van der Waals surface area contributed by atoms with Crippen LogP contribution in [0, 0.1) is 6.92 Å². The molecule has 0 bridgehead atoms. The van der Waals surface area contributed by atoms with Crippen molar-refractivity contribution in [1.82, 2.24) is 35.7 Å². The molecule has 0 spiro atoms. The van der Waals surface area contributed by atoms with Crippen LogP contribution in [-0.2, 0) is 40.0 Å². The molecule has 3 amide bonds. The number of amides is 3. The van der Waals surface area contributed by atoms with Crippen molar-refractivity contribution in [3.8, 4) is 17.2 Å². The van der Waals surface area contributed by atoms with Crippen LogP contribution in [0.1, 0.15) is 41.6 Å². The first-order valence-electron chi connectivity index (χ1n) is 18.9. The molecule has 2 aliphatic rings. The molecule has 25 nitrogen and oxygen atoms in total. The maximum absolute atomic E-state index is 14.2. The Balaban J connectivity index is 1.28. The van der Waals surface area contributed by atoms with Gasteiger partial charge in [0, 0.05) is 17.6 Å². The quantitative estimate of drug-likeness (QED) is 0.0410. The van der Waals surface area contributed by atoms with Gasteiger partial charge in [0.25, 0.3) is 11.8 Å². The Morgan fingerprint density at radius 2 is 1.62 bits per heavy atom. The number of nitrogens with zero attached hydrogens (tertiary/aromatic N) is 5. The molecule has 4 heterocycles. The van der Waals surface area contributed by atoms with E-state index in [2.05, 4.69) is 26.2 Å². The number of aliphatic carboxylic acids is 3. The Labute approximate surface area is 372 Å². The molecule has 2 aromatic carbocycles. The lowest BCUT2D eigenvalue weighted by Crippen LogP contribution is -2.71. The van der Waals surface area contributed by atoms with Gasteiger partial charge in [0.1, 0.15) is 52.4 Å². The Morgan fingerprint density at radius 1 is 0.954 bits per heavy atom. The molecule has 0 aliphatic carbocycles. The van der Waals surface area contributed by atoms with Gasteiger partial charge in [-0.05, 0) is 60.5 Å². The summed E-state index contributed by atoms with van der Waals surface area (Å²) in [5.74, 6) is -7.96. The van der Waals surface area contributed by atoms with E-state index in [1.807, 2.05) is 0 Å². The molecule has 65 heavy (non-hydrogen) atoms. The fourth-order valence-corrected chi connectivity index (χ4v) is 8.69. The number of benzene rings is 2. The van der Waals surface area contributed by atoms with Gasteiger partial charge in [0.15, 0.2) is 18.1 Å². The first-order valence-corrected chi connectivity index (χ1v) is 20.9. The van der Waals surface area contributed by atoms with Crippen LogP contribution < -0.4 is 30.3 Å². The minimum Gasteiger partial charge on any atom is -0.482 e. The molecule has 1 unspecified atom stereocenters. The van der Waals surface area contributed by atoms with E-state index in [4.69, 9.17) is 38.3 Å². The normalized spacial score (nSPS) is 15.8. The zero-order chi connectivity index (χ0) is 47.1. The van der Waals surface area contributed by atoms with Gasteiger partial charge in [-0.2, -0.15) is 0 Å². The average molecular weight is 942 g/mol. The summed E-state index contributed by atoms with van der Waals surface area (Å²) in [6.45, 7) is 2.85. The molecule has 2 aromatic heterocycles. The van der Waals surface area contributed by atoms with E-state index in [1.54, 1.807) is 0 Å². The van der Waals surface area contributed by atoms with Gasteiger partial charge in [-0.15, -0.1) is 16.9 Å². The van der Waals surface area contributed by atoms with Gasteiger partial charge >= 0.3 is 30.2 Å².